The topological polar surface area (TPSA) is 85.9 Å². The van der Waals surface area contributed by atoms with Gasteiger partial charge in [0.1, 0.15) is 17.2 Å². The fourth-order valence-corrected chi connectivity index (χ4v) is 2.70. The van der Waals surface area contributed by atoms with Crippen molar-refractivity contribution < 1.29 is 23.8 Å². The van der Waals surface area contributed by atoms with E-state index in [2.05, 4.69) is 10.9 Å². The van der Waals surface area contributed by atoms with E-state index in [1.165, 1.54) is 0 Å². The Labute approximate surface area is 180 Å². The lowest BCUT2D eigenvalue weighted by Gasteiger charge is -2.15. The number of amides is 2. The monoisotopic (exact) mass is 420 g/mol. The van der Waals surface area contributed by atoms with Gasteiger partial charge < -0.3 is 14.2 Å². The molecule has 0 saturated heterocycles. The number of carbonyl (C=O) groups is 2. The van der Waals surface area contributed by atoms with Crippen LogP contribution < -0.4 is 25.1 Å². The lowest BCUT2D eigenvalue weighted by molar-refractivity contribution is -0.133. The standard InChI is InChI=1S/C24H24N2O5/c1-17(31-22-10-8-19(9-11-22)18-6-4-3-5-7-18)24(28)26-25-23(27)16-30-21-14-12-20(29-2)13-15-21/h3-15,17H,16H2,1-2H3,(H,25,27)(H,26,28). The van der Waals surface area contributed by atoms with E-state index < -0.39 is 17.9 Å². The zero-order chi connectivity index (χ0) is 22.1. The van der Waals surface area contributed by atoms with Crippen molar-refractivity contribution in [3.63, 3.8) is 0 Å². The maximum Gasteiger partial charge on any atom is 0.279 e. The Morgan fingerprint density at radius 1 is 0.774 bits per heavy atom. The lowest BCUT2D eigenvalue weighted by atomic mass is 10.1. The number of hydrazine groups is 1. The highest BCUT2D eigenvalue weighted by Gasteiger charge is 2.15. The van der Waals surface area contributed by atoms with E-state index in [1.54, 1.807) is 50.4 Å². The van der Waals surface area contributed by atoms with Gasteiger partial charge in [-0.05, 0) is 54.4 Å². The van der Waals surface area contributed by atoms with E-state index in [0.29, 0.717) is 17.2 Å². The molecule has 0 radical (unpaired) electrons. The third-order valence-electron chi connectivity index (χ3n) is 4.40. The average Bonchev–Trinajstić information content (AvgIpc) is 2.82. The van der Waals surface area contributed by atoms with Crippen molar-refractivity contribution in [1.29, 1.82) is 0 Å². The number of hydrogen-bond acceptors (Lipinski definition) is 5. The number of methoxy groups -OCH3 is 1. The van der Waals surface area contributed by atoms with Crippen molar-refractivity contribution in [3.05, 3.63) is 78.9 Å². The predicted octanol–water partition coefficient (Wildman–Crippen LogP) is 3.36. The van der Waals surface area contributed by atoms with E-state index in [9.17, 15) is 9.59 Å². The smallest absolute Gasteiger partial charge is 0.279 e. The SMILES string of the molecule is COc1ccc(OCC(=O)NNC(=O)C(C)Oc2ccc(-c3ccccc3)cc2)cc1. The molecule has 160 valence electrons. The Balaban J connectivity index is 1.42. The summed E-state index contributed by atoms with van der Waals surface area (Å²) in [5, 5.41) is 0. The molecule has 2 amide bonds. The van der Waals surface area contributed by atoms with Crippen molar-refractivity contribution in [3.8, 4) is 28.4 Å². The minimum Gasteiger partial charge on any atom is -0.497 e. The summed E-state index contributed by atoms with van der Waals surface area (Å²) in [6.07, 6.45) is -0.801. The molecule has 7 heteroatoms. The summed E-state index contributed by atoms with van der Waals surface area (Å²) in [6, 6.07) is 24.2. The summed E-state index contributed by atoms with van der Waals surface area (Å²) in [6.45, 7) is 1.35. The van der Waals surface area contributed by atoms with Crippen molar-refractivity contribution in [1.82, 2.24) is 10.9 Å². The molecule has 0 aliphatic rings. The van der Waals surface area contributed by atoms with Gasteiger partial charge in [0.15, 0.2) is 12.7 Å². The summed E-state index contributed by atoms with van der Waals surface area (Å²) in [5.74, 6) is 0.774. The van der Waals surface area contributed by atoms with Crippen LogP contribution >= 0.6 is 0 Å². The largest absolute Gasteiger partial charge is 0.497 e. The van der Waals surface area contributed by atoms with Crippen LogP contribution in [0.1, 0.15) is 6.92 Å². The molecule has 0 aliphatic carbocycles. The fourth-order valence-electron chi connectivity index (χ4n) is 2.70. The van der Waals surface area contributed by atoms with Crippen LogP contribution in [0.15, 0.2) is 78.9 Å². The molecule has 31 heavy (non-hydrogen) atoms. The van der Waals surface area contributed by atoms with Crippen LogP contribution in [0.3, 0.4) is 0 Å². The summed E-state index contributed by atoms with van der Waals surface area (Å²) in [4.78, 5) is 24.1. The first-order valence-corrected chi connectivity index (χ1v) is 9.73. The first kappa shape index (κ1) is 21.7. The number of ether oxygens (including phenoxy) is 3. The molecule has 3 aromatic rings. The highest BCUT2D eigenvalue weighted by molar-refractivity contribution is 5.85. The molecule has 0 aromatic heterocycles. The minimum atomic E-state index is -0.801. The molecule has 2 N–H and O–H groups in total. The fraction of sp³-hybridized carbons (Fsp3) is 0.167. The molecule has 0 saturated carbocycles. The molecule has 3 rings (SSSR count). The Hall–Kier alpha value is -4.00. The second-order valence-electron chi connectivity index (χ2n) is 6.65. The molecular formula is C24H24N2O5. The predicted molar refractivity (Wildman–Crippen MR) is 117 cm³/mol. The van der Waals surface area contributed by atoms with Crippen LogP contribution in [0.25, 0.3) is 11.1 Å². The van der Waals surface area contributed by atoms with Crippen molar-refractivity contribution in [2.75, 3.05) is 13.7 Å². The van der Waals surface area contributed by atoms with Gasteiger partial charge in [-0.25, -0.2) is 0 Å². The van der Waals surface area contributed by atoms with E-state index in [4.69, 9.17) is 14.2 Å². The van der Waals surface area contributed by atoms with Gasteiger partial charge in [0, 0.05) is 0 Å². The van der Waals surface area contributed by atoms with Gasteiger partial charge >= 0.3 is 0 Å². The maximum absolute atomic E-state index is 12.2. The van der Waals surface area contributed by atoms with Crippen LogP contribution in [0.4, 0.5) is 0 Å². The Kier molecular flexibility index (Phi) is 7.48. The van der Waals surface area contributed by atoms with Crippen LogP contribution in [-0.4, -0.2) is 31.6 Å². The molecule has 1 unspecified atom stereocenters. The molecule has 1 atom stereocenters. The van der Waals surface area contributed by atoms with Crippen LogP contribution in [-0.2, 0) is 9.59 Å². The summed E-state index contributed by atoms with van der Waals surface area (Å²) in [5.41, 5.74) is 6.78. The number of carbonyl (C=O) groups excluding carboxylic acids is 2. The van der Waals surface area contributed by atoms with E-state index in [0.717, 1.165) is 11.1 Å². The summed E-state index contributed by atoms with van der Waals surface area (Å²) in [7, 11) is 1.57. The van der Waals surface area contributed by atoms with E-state index >= 15 is 0 Å². The third-order valence-corrected chi connectivity index (χ3v) is 4.40. The highest BCUT2D eigenvalue weighted by Crippen LogP contribution is 2.22. The van der Waals surface area contributed by atoms with Gasteiger partial charge in [-0.3, -0.25) is 20.4 Å². The van der Waals surface area contributed by atoms with Gasteiger partial charge in [-0.15, -0.1) is 0 Å². The highest BCUT2D eigenvalue weighted by atomic mass is 16.5. The summed E-state index contributed by atoms with van der Waals surface area (Å²) < 4.78 is 16.1. The number of benzene rings is 3. The van der Waals surface area contributed by atoms with Gasteiger partial charge in [0.2, 0.25) is 0 Å². The average molecular weight is 420 g/mol. The normalized spacial score (nSPS) is 11.2. The van der Waals surface area contributed by atoms with Crippen molar-refractivity contribution >= 4 is 11.8 Å². The Morgan fingerprint density at radius 2 is 1.35 bits per heavy atom. The van der Waals surface area contributed by atoms with Crippen LogP contribution in [0.2, 0.25) is 0 Å². The van der Waals surface area contributed by atoms with E-state index in [1.807, 2.05) is 42.5 Å². The number of hydrogen-bond donors (Lipinski definition) is 2. The maximum atomic E-state index is 12.2. The first-order valence-electron chi connectivity index (χ1n) is 9.73. The number of rotatable bonds is 8. The Bertz CT molecular complexity index is 989. The van der Waals surface area contributed by atoms with Crippen LogP contribution in [0.5, 0.6) is 17.2 Å². The van der Waals surface area contributed by atoms with E-state index in [-0.39, 0.29) is 6.61 Å². The van der Waals surface area contributed by atoms with Crippen molar-refractivity contribution in [2.45, 2.75) is 13.0 Å². The van der Waals surface area contributed by atoms with Crippen molar-refractivity contribution in [2.24, 2.45) is 0 Å². The van der Waals surface area contributed by atoms with Gasteiger partial charge in [0.05, 0.1) is 7.11 Å². The van der Waals surface area contributed by atoms with Crippen LogP contribution in [0, 0.1) is 0 Å². The molecule has 0 bridgehead atoms. The van der Waals surface area contributed by atoms with Gasteiger partial charge in [0.25, 0.3) is 11.8 Å². The Morgan fingerprint density at radius 3 is 2.00 bits per heavy atom. The third kappa shape index (κ3) is 6.50. The summed E-state index contributed by atoms with van der Waals surface area (Å²) >= 11 is 0. The second-order valence-corrected chi connectivity index (χ2v) is 6.65. The molecule has 3 aromatic carbocycles. The molecule has 0 spiro atoms. The number of nitrogens with one attached hydrogen (secondary N) is 2. The zero-order valence-electron chi connectivity index (χ0n) is 17.3. The quantitative estimate of drug-likeness (QED) is 0.546. The van der Waals surface area contributed by atoms with Gasteiger partial charge in [-0.1, -0.05) is 42.5 Å². The molecule has 7 nitrogen and oxygen atoms in total. The second kappa shape index (κ2) is 10.7. The zero-order valence-corrected chi connectivity index (χ0v) is 17.3. The molecule has 0 aliphatic heterocycles. The minimum absolute atomic E-state index is 0.247. The first-order chi connectivity index (χ1) is 15.0. The molecule has 0 fully saturated rings. The molecule has 0 heterocycles. The van der Waals surface area contributed by atoms with Gasteiger partial charge in [-0.2, -0.15) is 0 Å². The lowest BCUT2D eigenvalue weighted by Crippen LogP contribution is -2.48. The molecular weight excluding hydrogens is 396 g/mol.